The Labute approximate surface area is 145 Å². The highest BCUT2D eigenvalue weighted by Gasteiger charge is 2.46. The quantitative estimate of drug-likeness (QED) is 0.870. The Balaban J connectivity index is 1.66. The lowest BCUT2D eigenvalue weighted by Gasteiger charge is -2.23. The van der Waals surface area contributed by atoms with Gasteiger partial charge in [0.15, 0.2) is 6.61 Å². The van der Waals surface area contributed by atoms with Crippen molar-refractivity contribution in [2.75, 3.05) is 33.4 Å². The number of benzene rings is 2. The molecule has 1 saturated heterocycles. The van der Waals surface area contributed by atoms with Crippen LogP contribution in [0, 0.1) is 5.41 Å². The van der Waals surface area contributed by atoms with Crippen LogP contribution >= 0.6 is 0 Å². The van der Waals surface area contributed by atoms with Crippen molar-refractivity contribution in [1.82, 2.24) is 4.90 Å². The van der Waals surface area contributed by atoms with Crippen LogP contribution < -0.4 is 4.74 Å². The first kappa shape index (κ1) is 17.2. The van der Waals surface area contributed by atoms with Crippen LogP contribution in [-0.4, -0.2) is 55.3 Å². The van der Waals surface area contributed by atoms with Gasteiger partial charge in [0.05, 0.1) is 6.61 Å². The van der Waals surface area contributed by atoms with Gasteiger partial charge in [-0.2, -0.15) is 0 Å². The molecule has 1 amide bonds. The van der Waals surface area contributed by atoms with Gasteiger partial charge in [-0.15, -0.1) is 0 Å². The molecule has 6 heteroatoms. The SMILES string of the molecule is COCC1(C(=O)O)CCN(C(=O)COc2cccc3ccccc23)C1. The van der Waals surface area contributed by atoms with E-state index in [2.05, 4.69) is 0 Å². The molecule has 1 atom stereocenters. The summed E-state index contributed by atoms with van der Waals surface area (Å²) in [6.07, 6.45) is 0.385. The van der Waals surface area contributed by atoms with E-state index in [-0.39, 0.29) is 25.7 Å². The summed E-state index contributed by atoms with van der Waals surface area (Å²) in [5, 5.41) is 11.5. The Kier molecular flexibility index (Phi) is 4.90. The summed E-state index contributed by atoms with van der Waals surface area (Å²) in [5.41, 5.74) is -1.02. The topological polar surface area (TPSA) is 76.1 Å². The molecule has 0 spiro atoms. The van der Waals surface area contributed by atoms with E-state index in [1.165, 1.54) is 12.0 Å². The average Bonchev–Trinajstić information content (AvgIpc) is 3.06. The summed E-state index contributed by atoms with van der Waals surface area (Å²) in [4.78, 5) is 25.5. The molecule has 0 radical (unpaired) electrons. The van der Waals surface area contributed by atoms with Crippen molar-refractivity contribution >= 4 is 22.6 Å². The maximum absolute atomic E-state index is 12.4. The Morgan fingerprint density at radius 1 is 1.20 bits per heavy atom. The number of nitrogens with zero attached hydrogens (tertiary/aromatic N) is 1. The summed E-state index contributed by atoms with van der Waals surface area (Å²) in [6.45, 7) is 0.522. The summed E-state index contributed by atoms with van der Waals surface area (Å²) < 4.78 is 10.8. The molecule has 0 aliphatic carbocycles. The lowest BCUT2D eigenvalue weighted by Crippen LogP contribution is -2.41. The monoisotopic (exact) mass is 343 g/mol. The first-order valence-corrected chi connectivity index (χ1v) is 8.16. The van der Waals surface area contributed by atoms with Gasteiger partial charge in [0, 0.05) is 25.6 Å². The van der Waals surface area contributed by atoms with Crippen LogP contribution in [-0.2, 0) is 14.3 Å². The number of ether oxygens (including phenoxy) is 2. The van der Waals surface area contributed by atoms with Crippen molar-refractivity contribution in [3.63, 3.8) is 0 Å². The number of carboxylic acid groups (broad SMARTS) is 1. The highest BCUT2D eigenvalue weighted by molar-refractivity contribution is 5.89. The Bertz CT molecular complexity index is 785. The fourth-order valence-electron chi connectivity index (χ4n) is 3.27. The molecule has 2 aromatic rings. The Hall–Kier alpha value is -2.60. The summed E-state index contributed by atoms with van der Waals surface area (Å²) in [7, 11) is 1.47. The minimum absolute atomic E-state index is 0.0935. The Morgan fingerprint density at radius 2 is 1.96 bits per heavy atom. The lowest BCUT2D eigenvalue weighted by atomic mass is 9.88. The molecule has 1 aliphatic rings. The van der Waals surface area contributed by atoms with E-state index in [1.807, 2.05) is 42.5 Å². The van der Waals surface area contributed by atoms with Gasteiger partial charge in [0.2, 0.25) is 0 Å². The number of carboxylic acids is 1. The van der Waals surface area contributed by atoms with Gasteiger partial charge in [-0.05, 0) is 17.9 Å². The number of carbonyl (C=O) groups excluding carboxylic acids is 1. The molecule has 1 heterocycles. The number of methoxy groups -OCH3 is 1. The third-order valence-corrected chi connectivity index (χ3v) is 4.68. The van der Waals surface area contributed by atoms with Gasteiger partial charge in [0.1, 0.15) is 11.2 Å². The third kappa shape index (κ3) is 3.44. The molecule has 1 fully saturated rings. The molecule has 132 valence electrons. The Morgan fingerprint density at radius 3 is 2.72 bits per heavy atom. The number of carbonyl (C=O) groups is 2. The zero-order valence-corrected chi connectivity index (χ0v) is 14.1. The number of hydrogen-bond donors (Lipinski definition) is 1. The summed E-state index contributed by atoms with van der Waals surface area (Å²) >= 11 is 0. The second-order valence-electron chi connectivity index (χ2n) is 6.35. The standard InChI is InChI=1S/C19H21NO5/c1-24-13-19(18(22)23)9-10-20(12-19)17(21)11-25-16-8-4-6-14-5-2-3-7-15(14)16/h2-8H,9-13H2,1H3,(H,22,23). The van der Waals surface area contributed by atoms with E-state index in [4.69, 9.17) is 9.47 Å². The predicted molar refractivity (Wildman–Crippen MR) is 92.6 cm³/mol. The van der Waals surface area contributed by atoms with E-state index in [1.54, 1.807) is 0 Å². The average molecular weight is 343 g/mol. The molecule has 2 aromatic carbocycles. The van der Waals surface area contributed by atoms with Gasteiger partial charge in [-0.25, -0.2) is 0 Å². The number of likely N-dealkylation sites (tertiary alicyclic amines) is 1. The molecule has 1 unspecified atom stereocenters. The normalized spacial score (nSPS) is 20.0. The number of fused-ring (bicyclic) bond motifs is 1. The second-order valence-corrected chi connectivity index (χ2v) is 6.35. The van der Waals surface area contributed by atoms with Gasteiger partial charge in [-0.1, -0.05) is 36.4 Å². The molecule has 0 aromatic heterocycles. The number of amides is 1. The lowest BCUT2D eigenvalue weighted by molar-refractivity contribution is -0.151. The molecule has 1 N–H and O–H groups in total. The van der Waals surface area contributed by atoms with Crippen molar-refractivity contribution in [2.45, 2.75) is 6.42 Å². The van der Waals surface area contributed by atoms with Gasteiger partial charge in [0.25, 0.3) is 5.91 Å². The number of rotatable bonds is 6. The minimum Gasteiger partial charge on any atom is -0.483 e. The zero-order chi connectivity index (χ0) is 17.9. The van der Waals surface area contributed by atoms with Crippen molar-refractivity contribution < 1.29 is 24.2 Å². The van der Waals surface area contributed by atoms with E-state index in [0.717, 1.165) is 10.8 Å². The van der Waals surface area contributed by atoms with Crippen molar-refractivity contribution in [3.05, 3.63) is 42.5 Å². The van der Waals surface area contributed by atoms with Crippen LogP contribution in [0.2, 0.25) is 0 Å². The van der Waals surface area contributed by atoms with E-state index >= 15 is 0 Å². The number of aliphatic carboxylic acids is 1. The molecular formula is C19H21NO5. The molecular weight excluding hydrogens is 322 g/mol. The summed E-state index contributed by atoms with van der Waals surface area (Å²) in [6, 6.07) is 13.5. The van der Waals surface area contributed by atoms with Gasteiger partial charge in [-0.3, -0.25) is 9.59 Å². The minimum atomic E-state index is -1.02. The van der Waals surface area contributed by atoms with Crippen LogP contribution in [0.15, 0.2) is 42.5 Å². The maximum atomic E-state index is 12.4. The molecule has 25 heavy (non-hydrogen) atoms. The van der Waals surface area contributed by atoms with Crippen LogP contribution in [0.5, 0.6) is 5.75 Å². The summed E-state index contributed by atoms with van der Waals surface area (Å²) in [5.74, 6) is -0.501. The van der Waals surface area contributed by atoms with Crippen molar-refractivity contribution in [2.24, 2.45) is 5.41 Å². The first-order valence-electron chi connectivity index (χ1n) is 8.16. The zero-order valence-electron chi connectivity index (χ0n) is 14.1. The first-order chi connectivity index (χ1) is 12.1. The highest BCUT2D eigenvalue weighted by Crippen LogP contribution is 2.31. The van der Waals surface area contributed by atoms with Crippen LogP contribution in [0.4, 0.5) is 0 Å². The van der Waals surface area contributed by atoms with E-state index in [0.29, 0.717) is 18.7 Å². The van der Waals surface area contributed by atoms with E-state index < -0.39 is 11.4 Å². The van der Waals surface area contributed by atoms with E-state index in [9.17, 15) is 14.7 Å². The van der Waals surface area contributed by atoms with Gasteiger partial charge >= 0.3 is 5.97 Å². The van der Waals surface area contributed by atoms with Crippen LogP contribution in [0.3, 0.4) is 0 Å². The fourth-order valence-corrected chi connectivity index (χ4v) is 3.27. The fraction of sp³-hybridized carbons (Fsp3) is 0.368. The largest absolute Gasteiger partial charge is 0.483 e. The molecule has 0 bridgehead atoms. The molecule has 0 saturated carbocycles. The van der Waals surface area contributed by atoms with Crippen LogP contribution in [0.1, 0.15) is 6.42 Å². The molecule has 3 rings (SSSR count). The smallest absolute Gasteiger partial charge is 0.313 e. The predicted octanol–water partition coefficient (Wildman–Crippen LogP) is 2.17. The second kappa shape index (κ2) is 7.11. The molecule has 6 nitrogen and oxygen atoms in total. The third-order valence-electron chi connectivity index (χ3n) is 4.68. The maximum Gasteiger partial charge on any atom is 0.313 e. The van der Waals surface area contributed by atoms with Crippen molar-refractivity contribution in [1.29, 1.82) is 0 Å². The highest BCUT2D eigenvalue weighted by atomic mass is 16.5. The van der Waals surface area contributed by atoms with Crippen LogP contribution in [0.25, 0.3) is 10.8 Å². The van der Waals surface area contributed by atoms with Crippen molar-refractivity contribution in [3.8, 4) is 5.75 Å². The molecule has 1 aliphatic heterocycles. The number of hydrogen-bond acceptors (Lipinski definition) is 4. The van der Waals surface area contributed by atoms with Gasteiger partial charge < -0.3 is 19.5 Å².